The van der Waals surface area contributed by atoms with Crippen molar-refractivity contribution >= 4 is 72.7 Å². The Labute approximate surface area is 286 Å². The zero-order valence-electron chi connectivity index (χ0n) is 26.8. The fourth-order valence-corrected chi connectivity index (χ4v) is 8.13. The average Bonchev–Trinajstić information content (AvgIpc) is 3.46. The molecule has 3 fully saturated rings. The minimum absolute atomic E-state index is 0.0506. The number of piperidine rings is 2. The number of imidazole rings is 1. The molecule has 2 unspecified atom stereocenters. The standard InChI is InChI=1S/C32H30F3N7O8S/c1-39-23-13-19(3-5-21(23)42(31(39)48)22-6-7-25(44)37-30(22)47)40-9-8-17(32(34,35)15-40)12-26(45)36-18-2-4-20-16(10-18)11-24(43)29(28(20)33)41-14-27(46)38-51(41,49)50/h2-5,10-11,13,17,22,43H,6-9,12,14-15H2,1H3,(H,36,45)(H,38,46)(H,37,44,47). The summed E-state index contributed by atoms with van der Waals surface area (Å²) in [6.07, 6.45) is -0.360. The van der Waals surface area contributed by atoms with Gasteiger partial charge in [0, 0.05) is 49.1 Å². The van der Waals surface area contributed by atoms with Crippen LogP contribution in [0.2, 0.25) is 0 Å². The van der Waals surface area contributed by atoms with Gasteiger partial charge in [-0.25, -0.2) is 27.0 Å². The van der Waals surface area contributed by atoms with Crippen molar-refractivity contribution in [3.8, 4) is 5.75 Å². The number of aromatic hydroxyl groups is 1. The summed E-state index contributed by atoms with van der Waals surface area (Å²) in [5.41, 5.74) is 0.160. The summed E-state index contributed by atoms with van der Waals surface area (Å²) >= 11 is 0. The lowest BCUT2D eigenvalue weighted by Crippen LogP contribution is -2.49. The van der Waals surface area contributed by atoms with Crippen molar-refractivity contribution in [2.45, 2.75) is 37.6 Å². The quantitative estimate of drug-likeness (QED) is 0.215. The van der Waals surface area contributed by atoms with Gasteiger partial charge in [0.25, 0.3) is 11.8 Å². The summed E-state index contributed by atoms with van der Waals surface area (Å²) in [7, 11) is -2.91. The highest BCUT2D eigenvalue weighted by molar-refractivity contribution is 7.92. The van der Waals surface area contributed by atoms with E-state index in [0.29, 0.717) is 21.0 Å². The molecule has 0 bridgehead atoms. The Morgan fingerprint density at radius 3 is 2.49 bits per heavy atom. The molecule has 268 valence electrons. The lowest BCUT2D eigenvalue weighted by molar-refractivity contribution is -0.135. The van der Waals surface area contributed by atoms with Crippen molar-refractivity contribution in [3.05, 3.63) is 58.8 Å². The predicted molar refractivity (Wildman–Crippen MR) is 177 cm³/mol. The second kappa shape index (κ2) is 12.0. The van der Waals surface area contributed by atoms with Crippen molar-refractivity contribution in [2.75, 3.05) is 34.2 Å². The predicted octanol–water partition coefficient (Wildman–Crippen LogP) is 1.99. The number of carbonyl (C=O) groups excluding carboxylic acids is 4. The first kappa shape index (κ1) is 33.9. The number of rotatable bonds is 6. The van der Waals surface area contributed by atoms with Crippen LogP contribution in [0.4, 0.5) is 30.2 Å². The summed E-state index contributed by atoms with van der Waals surface area (Å²) in [5, 5.41) is 15.2. The van der Waals surface area contributed by atoms with Crippen LogP contribution in [0.3, 0.4) is 0 Å². The second-order valence-electron chi connectivity index (χ2n) is 12.8. The van der Waals surface area contributed by atoms with E-state index in [-0.39, 0.29) is 42.3 Å². The van der Waals surface area contributed by atoms with Crippen molar-refractivity contribution < 1.29 is 45.9 Å². The number of anilines is 3. The minimum Gasteiger partial charge on any atom is -0.506 e. The fourth-order valence-electron chi connectivity index (χ4n) is 6.97. The molecule has 4 N–H and O–H groups in total. The van der Waals surface area contributed by atoms with Crippen molar-refractivity contribution in [2.24, 2.45) is 13.0 Å². The minimum atomic E-state index is -4.41. The van der Waals surface area contributed by atoms with Gasteiger partial charge < -0.3 is 15.3 Å². The van der Waals surface area contributed by atoms with Crippen molar-refractivity contribution in [1.82, 2.24) is 19.2 Å². The van der Waals surface area contributed by atoms with Crippen LogP contribution in [0.5, 0.6) is 5.75 Å². The molecule has 4 amide bonds. The average molecular weight is 730 g/mol. The Kier molecular flexibility index (Phi) is 7.99. The van der Waals surface area contributed by atoms with Gasteiger partial charge in [-0.3, -0.25) is 33.6 Å². The Morgan fingerprint density at radius 2 is 1.80 bits per heavy atom. The fraction of sp³-hybridized carbons (Fsp3) is 0.344. The van der Waals surface area contributed by atoms with E-state index in [1.807, 2.05) is 0 Å². The molecule has 3 aromatic carbocycles. The first-order valence-corrected chi connectivity index (χ1v) is 17.2. The summed E-state index contributed by atoms with van der Waals surface area (Å²) in [5.74, 6) is -9.16. The number of benzene rings is 3. The van der Waals surface area contributed by atoms with Gasteiger partial charge >= 0.3 is 15.9 Å². The summed E-state index contributed by atoms with van der Waals surface area (Å²) < 4.78 is 75.6. The Morgan fingerprint density at radius 1 is 1.04 bits per heavy atom. The van der Waals surface area contributed by atoms with Gasteiger partial charge in [0.1, 0.15) is 24.0 Å². The van der Waals surface area contributed by atoms with Crippen LogP contribution >= 0.6 is 0 Å². The van der Waals surface area contributed by atoms with Gasteiger partial charge in [-0.15, -0.1) is 0 Å². The van der Waals surface area contributed by atoms with Crippen LogP contribution in [-0.4, -0.2) is 71.8 Å². The molecule has 3 saturated heterocycles. The molecule has 0 spiro atoms. The monoisotopic (exact) mass is 729 g/mol. The largest absolute Gasteiger partial charge is 0.506 e. The molecule has 4 aromatic rings. The Bertz CT molecular complexity index is 2360. The van der Waals surface area contributed by atoms with E-state index >= 15 is 13.2 Å². The molecule has 3 aliphatic rings. The number of hydrogen-bond donors (Lipinski definition) is 4. The number of halogens is 3. The lowest BCUT2D eigenvalue weighted by Gasteiger charge is -2.39. The van der Waals surface area contributed by atoms with Crippen molar-refractivity contribution in [3.63, 3.8) is 0 Å². The van der Waals surface area contributed by atoms with Gasteiger partial charge in [0.05, 0.1) is 17.6 Å². The molecule has 2 atom stereocenters. The van der Waals surface area contributed by atoms with Gasteiger partial charge in [0.15, 0.2) is 5.82 Å². The molecular formula is C32H30F3N7O8S. The smallest absolute Gasteiger partial charge is 0.329 e. The van der Waals surface area contributed by atoms with E-state index in [4.69, 9.17) is 0 Å². The number of hydrogen-bond acceptors (Lipinski definition) is 9. The number of nitrogens with one attached hydrogen (secondary N) is 3. The zero-order valence-corrected chi connectivity index (χ0v) is 27.6. The van der Waals surface area contributed by atoms with Gasteiger partial charge in [0.2, 0.25) is 17.7 Å². The number of phenols is 1. The van der Waals surface area contributed by atoms with Crippen LogP contribution < -0.4 is 30.3 Å². The molecule has 4 heterocycles. The maximum atomic E-state index is 15.5. The van der Waals surface area contributed by atoms with Gasteiger partial charge in [-0.1, -0.05) is 0 Å². The van der Waals surface area contributed by atoms with Crippen LogP contribution in [0, 0.1) is 11.7 Å². The first-order chi connectivity index (χ1) is 24.0. The van der Waals surface area contributed by atoms with Crippen LogP contribution in [-0.2, 0) is 36.4 Å². The summed E-state index contributed by atoms with van der Waals surface area (Å²) in [6.45, 7) is -1.26. The van der Waals surface area contributed by atoms with Crippen LogP contribution in [0.1, 0.15) is 31.7 Å². The number of phenolic OH excluding ortho intramolecular Hbond substituents is 1. The third-order valence-corrected chi connectivity index (χ3v) is 10.9. The number of nitrogens with zero attached hydrogens (tertiary/aromatic N) is 4. The molecule has 0 aliphatic carbocycles. The number of aromatic nitrogens is 2. The molecule has 1 aromatic heterocycles. The van der Waals surface area contributed by atoms with Gasteiger partial charge in [-0.2, -0.15) is 8.42 Å². The molecule has 51 heavy (non-hydrogen) atoms. The number of alkyl halides is 2. The zero-order chi connectivity index (χ0) is 36.6. The SMILES string of the molecule is Cn1c(=O)n(C2CCC(=O)NC2=O)c2ccc(N3CCC(CC(=O)Nc4ccc5c(F)c(N6CC(=O)NS6(=O)=O)c(O)cc5c4)C(F)(F)C3)cc21. The third-order valence-electron chi connectivity index (χ3n) is 9.52. The molecule has 3 aliphatic heterocycles. The topological polar surface area (TPSA) is 192 Å². The lowest BCUT2D eigenvalue weighted by atomic mass is 9.89. The molecule has 0 saturated carbocycles. The summed E-state index contributed by atoms with van der Waals surface area (Å²) in [4.78, 5) is 63.2. The van der Waals surface area contributed by atoms with E-state index in [0.717, 1.165) is 6.07 Å². The Hall–Kier alpha value is -5.59. The molecule has 15 nitrogen and oxygen atoms in total. The number of carbonyl (C=O) groups is 4. The maximum absolute atomic E-state index is 15.5. The molecule has 7 rings (SSSR count). The van der Waals surface area contributed by atoms with E-state index in [9.17, 15) is 37.5 Å². The number of aryl methyl sites for hydroxylation is 1. The third kappa shape index (κ3) is 5.89. The number of imide groups is 1. The van der Waals surface area contributed by atoms with Crippen LogP contribution in [0.25, 0.3) is 21.8 Å². The highest BCUT2D eigenvalue weighted by Crippen LogP contribution is 2.40. The highest BCUT2D eigenvalue weighted by Gasteiger charge is 2.45. The summed E-state index contributed by atoms with van der Waals surface area (Å²) in [6, 6.07) is 8.73. The number of fused-ring (bicyclic) bond motifs is 2. The van der Waals surface area contributed by atoms with Crippen LogP contribution in [0.15, 0.2) is 47.3 Å². The van der Waals surface area contributed by atoms with E-state index in [1.165, 1.54) is 39.3 Å². The maximum Gasteiger partial charge on any atom is 0.329 e. The second-order valence-corrected chi connectivity index (χ2v) is 14.4. The number of amides is 4. The first-order valence-electron chi connectivity index (χ1n) is 15.8. The van der Waals surface area contributed by atoms with Gasteiger partial charge in [-0.05, 0) is 60.7 Å². The normalized spacial score (nSPS) is 21.6. The van der Waals surface area contributed by atoms with E-state index in [2.05, 4.69) is 10.6 Å². The molecular weight excluding hydrogens is 699 g/mol. The van der Waals surface area contributed by atoms with E-state index < -0.39 is 94.2 Å². The molecule has 19 heteroatoms. The highest BCUT2D eigenvalue weighted by atomic mass is 32.2. The molecule has 0 radical (unpaired) electrons. The Balaban J connectivity index is 1.04. The van der Waals surface area contributed by atoms with E-state index in [1.54, 1.807) is 22.9 Å². The van der Waals surface area contributed by atoms with Crippen molar-refractivity contribution in [1.29, 1.82) is 0 Å².